The number of thioether (sulfide) groups is 1. The van der Waals surface area contributed by atoms with Crippen LogP contribution < -0.4 is 5.32 Å². The van der Waals surface area contributed by atoms with E-state index >= 15 is 0 Å². The Bertz CT molecular complexity index is 563. The van der Waals surface area contributed by atoms with Crippen molar-refractivity contribution in [1.82, 2.24) is 0 Å². The van der Waals surface area contributed by atoms with E-state index in [4.69, 9.17) is 0 Å². The van der Waals surface area contributed by atoms with Crippen LogP contribution in [0.15, 0.2) is 53.4 Å². The third kappa shape index (κ3) is 3.38. The molecule has 0 aliphatic carbocycles. The van der Waals surface area contributed by atoms with Crippen LogP contribution in [-0.2, 0) is 6.42 Å². The molecule has 0 saturated heterocycles. The quantitative estimate of drug-likeness (QED) is 0.661. The largest absolute Gasteiger partial charge is 0.388 e. The first-order valence-electron chi connectivity index (χ1n) is 6.17. The number of hydrogen-bond acceptors (Lipinski definition) is 3. The first-order valence-corrected chi connectivity index (χ1v) is 7.40. The Morgan fingerprint density at radius 1 is 1.11 bits per heavy atom. The van der Waals surface area contributed by atoms with Gasteiger partial charge in [0.1, 0.15) is 0 Å². The van der Waals surface area contributed by atoms with Gasteiger partial charge in [0.15, 0.2) is 5.78 Å². The van der Waals surface area contributed by atoms with E-state index < -0.39 is 0 Å². The summed E-state index contributed by atoms with van der Waals surface area (Å²) < 4.78 is 0. The maximum Gasteiger partial charge on any atom is 0.169 e. The number of ketones is 1. The van der Waals surface area contributed by atoms with Gasteiger partial charge in [0.05, 0.1) is 0 Å². The van der Waals surface area contributed by atoms with E-state index in [1.807, 2.05) is 49.7 Å². The summed E-state index contributed by atoms with van der Waals surface area (Å²) in [5.41, 5.74) is 2.68. The molecule has 0 unspecified atom stereocenters. The molecule has 3 heteroatoms. The Morgan fingerprint density at radius 3 is 2.42 bits per heavy atom. The zero-order valence-corrected chi connectivity index (χ0v) is 12.0. The van der Waals surface area contributed by atoms with E-state index in [1.165, 1.54) is 4.90 Å². The van der Waals surface area contributed by atoms with Crippen LogP contribution in [0, 0.1) is 0 Å². The van der Waals surface area contributed by atoms with Gasteiger partial charge in [0.2, 0.25) is 0 Å². The average Bonchev–Trinajstić information content (AvgIpc) is 2.48. The zero-order chi connectivity index (χ0) is 13.7. The minimum absolute atomic E-state index is 0.141. The second-order valence-corrected chi connectivity index (χ2v) is 5.12. The molecule has 0 heterocycles. The lowest BCUT2D eigenvalue weighted by molar-refractivity contribution is 0.0993. The molecule has 2 nitrogen and oxygen atoms in total. The lowest BCUT2D eigenvalue weighted by Gasteiger charge is -2.08. The molecular formula is C16H17NOS. The molecule has 0 aliphatic rings. The molecule has 0 aliphatic heterocycles. The molecule has 1 N–H and O–H groups in total. The highest BCUT2D eigenvalue weighted by Gasteiger charge is 2.10. The monoisotopic (exact) mass is 271 g/mol. The predicted octanol–water partition coefficient (Wildman–Crippen LogP) is 3.88. The molecule has 0 saturated carbocycles. The zero-order valence-electron chi connectivity index (χ0n) is 11.1. The highest BCUT2D eigenvalue weighted by molar-refractivity contribution is 7.98. The maximum atomic E-state index is 12.3. The molecule has 0 spiro atoms. The van der Waals surface area contributed by atoms with Crippen molar-refractivity contribution in [2.75, 3.05) is 18.6 Å². The van der Waals surface area contributed by atoms with Crippen molar-refractivity contribution >= 4 is 23.2 Å². The summed E-state index contributed by atoms with van der Waals surface area (Å²) in [5.74, 6) is 0.141. The van der Waals surface area contributed by atoms with E-state index in [9.17, 15) is 4.79 Å². The summed E-state index contributed by atoms with van der Waals surface area (Å²) in [4.78, 5) is 13.5. The SMILES string of the molecule is CNc1ccccc1C(=O)Cc1ccc(SC)cc1. The second-order valence-electron chi connectivity index (χ2n) is 4.24. The van der Waals surface area contributed by atoms with Crippen molar-refractivity contribution in [2.24, 2.45) is 0 Å². The molecule has 2 rings (SSSR count). The van der Waals surface area contributed by atoms with Gasteiger partial charge in [-0.15, -0.1) is 11.8 Å². The maximum absolute atomic E-state index is 12.3. The second kappa shape index (κ2) is 6.43. The molecule has 0 bridgehead atoms. The fourth-order valence-corrected chi connectivity index (χ4v) is 2.38. The van der Waals surface area contributed by atoms with Gasteiger partial charge >= 0.3 is 0 Å². The average molecular weight is 271 g/mol. The topological polar surface area (TPSA) is 29.1 Å². The van der Waals surface area contributed by atoms with Gasteiger partial charge in [-0.3, -0.25) is 4.79 Å². The normalized spacial score (nSPS) is 10.2. The Labute approximate surface area is 118 Å². The van der Waals surface area contributed by atoms with E-state index in [-0.39, 0.29) is 5.78 Å². The molecule has 98 valence electrons. The smallest absolute Gasteiger partial charge is 0.169 e. The van der Waals surface area contributed by atoms with Crippen LogP contribution in [0.2, 0.25) is 0 Å². The highest BCUT2D eigenvalue weighted by Crippen LogP contribution is 2.19. The van der Waals surface area contributed by atoms with Crippen LogP contribution >= 0.6 is 11.8 Å². The van der Waals surface area contributed by atoms with Crippen LogP contribution in [0.3, 0.4) is 0 Å². The Kier molecular flexibility index (Phi) is 4.63. The minimum Gasteiger partial charge on any atom is -0.388 e. The molecule has 0 atom stereocenters. The molecule has 0 aromatic heterocycles. The van der Waals surface area contributed by atoms with Crippen LogP contribution in [0.5, 0.6) is 0 Å². The van der Waals surface area contributed by atoms with Gasteiger partial charge in [0.25, 0.3) is 0 Å². The lowest BCUT2D eigenvalue weighted by Crippen LogP contribution is -2.06. The van der Waals surface area contributed by atoms with Crippen molar-refractivity contribution in [3.05, 3.63) is 59.7 Å². The molecule has 2 aromatic rings. The van der Waals surface area contributed by atoms with E-state index in [0.29, 0.717) is 6.42 Å². The molecule has 2 aromatic carbocycles. The third-order valence-corrected chi connectivity index (χ3v) is 3.76. The third-order valence-electron chi connectivity index (χ3n) is 3.02. The standard InChI is InChI=1S/C16H17NOS/c1-17-15-6-4-3-5-14(15)16(18)11-12-7-9-13(19-2)10-8-12/h3-10,17H,11H2,1-2H3. The number of hydrogen-bond donors (Lipinski definition) is 1. The van der Waals surface area contributed by atoms with Crippen molar-refractivity contribution in [3.63, 3.8) is 0 Å². The summed E-state index contributed by atoms with van der Waals surface area (Å²) in [6.45, 7) is 0. The van der Waals surface area contributed by atoms with Crippen molar-refractivity contribution in [1.29, 1.82) is 0 Å². The van der Waals surface area contributed by atoms with Crippen LogP contribution in [0.25, 0.3) is 0 Å². The van der Waals surface area contributed by atoms with E-state index in [2.05, 4.69) is 17.4 Å². The van der Waals surface area contributed by atoms with Crippen LogP contribution in [0.4, 0.5) is 5.69 Å². The van der Waals surface area contributed by atoms with Gasteiger partial charge < -0.3 is 5.32 Å². The molecule has 0 radical (unpaired) electrons. The predicted molar refractivity (Wildman–Crippen MR) is 82.2 cm³/mol. The fraction of sp³-hybridized carbons (Fsp3) is 0.188. The number of anilines is 1. The van der Waals surface area contributed by atoms with Gasteiger partial charge in [-0.1, -0.05) is 24.3 Å². The molecule has 0 amide bonds. The fourth-order valence-electron chi connectivity index (χ4n) is 1.97. The summed E-state index contributed by atoms with van der Waals surface area (Å²) in [7, 11) is 1.83. The lowest BCUT2D eigenvalue weighted by atomic mass is 10.0. The van der Waals surface area contributed by atoms with Crippen LogP contribution in [0.1, 0.15) is 15.9 Å². The summed E-state index contributed by atoms with van der Waals surface area (Å²) in [5, 5.41) is 3.06. The summed E-state index contributed by atoms with van der Waals surface area (Å²) in [6, 6.07) is 15.8. The van der Waals surface area contributed by atoms with Crippen molar-refractivity contribution in [3.8, 4) is 0 Å². The number of Topliss-reactive ketones (excluding diaryl/α,β-unsaturated/α-hetero) is 1. The number of carbonyl (C=O) groups excluding carboxylic acids is 1. The van der Waals surface area contributed by atoms with Gasteiger partial charge in [0, 0.05) is 29.6 Å². The number of nitrogens with one attached hydrogen (secondary N) is 1. The first kappa shape index (κ1) is 13.7. The molecule has 0 fully saturated rings. The number of rotatable bonds is 5. The van der Waals surface area contributed by atoms with Crippen molar-refractivity contribution < 1.29 is 4.79 Å². The minimum atomic E-state index is 0.141. The molecular weight excluding hydrogens is 254 g/mol. The number of benzene rings is 2. The van der Waals surface area contributed by atoms with Crippen molar-refractivity contribution in [2.45, 2.75) is 11.3 Å². The van der Waals surface area contributed by atoms with Gasteiger partial charge in [-0.05, 0) is 36.1 Å². The van der Waals surface area contributed by atoms with Gasteiger partial charge in [-0.2, -0.15) is 0 Å². The Balaban J connectivity index is 2.16. The summed E-state index contributed by atoms with van der Waals surface area (Å²) in [6.07, 6.45) is 2.48. The van der Waals surface area contributed by atoms with E-state index in [1.54, 1.807) is 11.8 Å². The first-order chi connectivity index (χ1) is 9.24. The number of para-hydroxylation sites is 1. The summed E-state index contributed by atoms with van der Waals surface area (Å²) >= 11 is 1.70. The number of carbonyl (C=O) groups is 1. The molecule has 19 heavy (non-hydrogen) atoms. The Hall–Kier alpha value is -1.74. The van der Waals surface area contributed by atoms with E-state index in [0.717, 1.165) is 16.8 Å². The van der Waals surface area contributed by atoms with Crippen LogP contribution in [-0.4, -0.2) is 19.1 Å². The van der Waals surface area contributed by atoms with Gasteiger partial charge in [-0.25, -0.2) is 0 Å². The Morgan fingerprint density at radius 2 is 1.79 bits per heavy atom. The highest BCUT2D eigenvalue weighted by atomic mass is 32.2.